The Morgan fingerprint density at radius 1 is 1.67 bits per heavy atom. The van der Waals surface area contributed by atoms with Crippen molar-refractivity contribution in [2.75, 3.05) is 13.7 Å². The van der Waals surface area contributed by atoms with E-state index >= 15 is 0 Å². The number of methoxy groups -OCH3 is 1. The number of rotatable bonds is 7. The Morgan fingerprint density at radius 3 is 2.73 bits per heavy atom. The first-order valence-corrected chi connectivity index (χ1v) is 5.16. The molecule has 0 aliphatic heterocycles. The molecule has 4 nitrogen and oxygen atoms in total. The maximum absolute atomic E-state index is 11.5. The molecule has 0 fully saturated rings. The standard InChI is InChI=1S/C11H20N2O2/c1-4-6-9(5-2)13-11(14)7-10(8-12)15-3/h2,9-10H,4,6-8,12H2,1,3H3,(H,13,14). The van der Waals surface area contributed by atoms with Gasteiger partial charge in [-0.3, -0.25) is 4.79 Å². The van der Waals surface area contributed by atoms with Crippen molar-refractivity contribution >= 4 is 5.91 Å². The Kier molecular flexibility index (Phi) is 7.69. The number of carbonyl (C=O) groups excluding carboxylic acids is 1. The van der Waals surface area contributed by atoms with Crippen LogP contribution in [0.1, 0.15) is 26.2 Å². The number of hydrogen-bond donors (Lipinski definition) is 2. The first kappa shape index (κ1) is 13.9. The second kappa shape index (κ2) is 8.27. The number of nitrogens with one attached hydrogen (secondary N) is 1. The van der Waals surface area contributed by atoms with Crippen molar-refractivity contribution in [2.24, 2.45) is 5.73 Å². The normalized spacial score (nSPS) is 14.0. The van der Waals surface area contributed by atoms with E-state index < -0.39 is 0 Å². The summed E-state index contributed by atoms with van der Waals surface area (Å²) in [5, 5.41) is 2.76. The van der Waals surface area contributed by atoms with Gasteiger partial charge in [-0.05, 0) is 6.42 Å². The van der Waals surface area contributed by atoms with Crippen LogP contribution >= 0.6 is 0 Å². The molecule has 0 bridgehead atoms. The SMILES string of the molecule is C#CC(CCC)NC(=O)CC(CN)OC. The Bertz CT molecular complexity index is 219. The number of terminal acetylenes is 1. The van der Waals surface area contributed by atoms with E-state index in [4.69, 9.17) is 16.9 Å². The molecule has 4 heteroatoms. The molecule has 1 amide bonds. The van der Waals surface area contributed by atoms with E-state index in [1.165, 1.54) is 7.11 Å². The monoisotopic (exact) mass is 212 g/mol. The third kappa shape index (κ3) is 6.10. The summed E-state index contributed by atoms with van der Waals surface area (Å²) in [7, 11) is 1.54. The first-order chi connectivity index (χ1) is 7.17. The molecule has 15 heavy (non-hydrogen) atoms. The summed E-state index contributed by atoms with van der Waals surface area (Å²) in [4.78, 5) is 11.5. The molecule has 0 aromatic heterocycles. The van der Waals surface area contributed by atoms with Gasteiger partial charge >= 0.3 is 0 Å². The predicted octanol–water partition coefficient (Wildman–Crippen LogP) is 0.268. The fourth-order valence-corrected chi connectivity index (χ4v) is 1.21. The third-order valence-corrected chi connectivity index (χ3v) is 2.12. The second-order valence-electron chi connectivity index (χ2n) is 3.37. The molecule has 3 N–H and O–H groups in total. The minimum Gasteiger partial charge on any atom is -0.380 e. The van der Waals surface area contributed by atoms with E-state index in [9.17, 15) is 4.79 Å². The summed E-state index contributed by atoms with van der Waals surface area (Å²) in [5.74, 6) is 2.43. The maximum Gasteiger partial charge on any atom is 0.223 e. The number of nitrogens with two attached hydrogens (primary N) is 1. The van der Waals surface area contributed by atoms with Crippen molar-refractivity contribution in [3.8, 4) is 12.3 Å². The smallest absolute Gasteiger partial charge is 0.223 e. The summed E-state index contributed by atoms with van der Waals surface area (Å²) in [6.07, 6.45) is 7.05. The fourth-order valence-electron chi connectivity index (χ4n) is 1.21. The summed E-state index contributed by atoms with van der Waals surface area (Å²) < 4.78 is 5.01. The summed E-state index contributed by atoms with van der Waals surface area (Å²) in [6.45, 7) is 2.35. The molecule has 0 aromatic carbocycles. The number of carbonyl (C=O) groups is 1. The summed E-state index contributed by atoms with van der Waals surface area (Å²) >= 11 is 0. The molecule has 86 valence electrons. The molecule has 0 aromatic rings. The lowest BCUT2D eigenvalue weighted by molar-refractivity contribution is -0.123. The summed E-state index contributed by atoms with van der Waals surface area (Å²) in [5.41, 5.74) is 5.41. The van der Waals surface area contributed by atoms with Gasteiger partial charge in [0.15, 0.2) is 0 Å². The lowest BCUT2D eigenvalue weighted by Crippen LogP contribution is -2.37. The van der Waals surface area contributed by atoms with Gasteiger partial charge in [-0.15, -0.1) is 6.42 Å². The molecule has 0 spiro atoms. The highest BCUT2D eigenvalue weighted by atomic mass is 16.5. The van der Waals surface area contributed by atoms with Gasteiger partial charge in [0.1, 0.15) is 0 Å². The number of ether oxygens (including phenoxy) is 1. The van der Waals surface area contributed by atoms with Crippen molar-refractivity contribution in [1.29, 1.82) is 0 Å². The predicted molar refractivity (Wildman–Crippen MR) is 60.1 cm³/mol. The van der Waals surface area contributed by atoms with E-state index in [1.807, 2.05) is 6.92 Å². The van der Waals surface area contributed by atoms with Gasteiger partial charge < -0.3 is 15.8 Å². The van der Waals surface area contributed by atoms with Crippen LogP contribution in [0.25, 0.3) is 0 Å². The van der Waals surface area contributed by atoms with E-state index in [2.05, 4.69) is 11.2 Å². The van der Waals surface area contributed by atoms with E-state index in [0.29, 0.717) is 6.54 Å². The fraction of sp³-hybridized carbons (Fsp3) is 0.727. The quantitative estimate of drug-likeness (QED) is 0.595. The zero-order chi connectivity index (χ0) is 11.7. The van der Waals surface area contributed by atoms with E-state index in [0.717, 1.165) is 12.8 Å². The molecule has 0 heterocycles. The average Bonchev–Trinajstić information content (AvgIpc) is 2.25. The molecule has 0 rings (SSSR count). The minimum absolute atomic E-state index is 0.108. The molecule has 0 radical (unpaired) electrons. The van der Waals surface area contributed by atoms with Crippen LogP contribution in [0.15, 0.2) is 0 Å². The lowest BCUT2D eigenvalue weighted by Gasteiger charge is -2.15. The zero-order valence-electron chi connectivity index (χ0n) is 9.45. The van der Waals surface area contributed by atoms with Crippen LogP contribution < -0.4 is 11.1 Å². The Hall–Kier alpha value is -1.05. The van der Waals surface area contributed by atoms with Crippen LogP contribution in [0.2, 0.25) is 0 Å². The van der Waals surface area contributed by atoms with Crippen LogP contribution in [0.3, 0.4) is 0 Å². The average molecular weight is 212 g/mol. The summed E-state index contributed by atoms with van der Waals surface area (Å²) in [6, 6.07) is -0.183. The van der Waals surface area contributed by atoms with Gasteiger partial charge in [0.25, 0.3) is 0 Å². The van der Waals surface area contributed by atoms with Crippen molar-refractivity contribution in [1.82, 2.24) is 5.32 Å². The number of hydrogen-bond acceptors (Lipinski definition) is 3. The number of amides is 1. The Morgan fingerprint density at radius 2 is 2.33 bits per heavy atom. The largest absolute Gasteiger partial charge is 0.380 e. The molecular formula is C11H20N2O2. The van der Waals surface area contributed by atoms with Crippen LogP contribution in [-0.4, -0.2) is 31.7 Å². The van der Waals surface area contributed by atoms with Crippen molar-refractivity contribution in [3.05, 3.63) is 0 Å². The molecule has 0 aliphatic carbocycles. The molecule has 0 saturated carbocycles. The minimum atomic E-state index is -0.231. The van der Waals surface area contributed by atoms with Crippen LogP contribution in [0, 0.1) is 12.3 Å². The van der Waals surface area contributed by atoms with Gasteiger partial charge in [-0.25, -0.2) is 0 Å². The Labute approximate surface area is 91.6 Å². The van der Waals surface area contributed by atoms with Crippen molar-refractivity contribution in [2.45, 2.75) is 38.3 Å². The van der Waals surface area contributed by atoms with Gasteiger partial charge in [0.05, 0.1) is 18.6 Å². The van der Waals surface area contributed by atoms with Gasteiger partial charge in [0, 0.05) is 13.7 Å². The highest BCUT2D eigenvalue weighted by molar-refractivity contribution is 5.77. The van der Waals surface area contributed by atoms with Gasteiger partial charge in [0.2, 0.25) is 5.91 Å². The highest BCUT2D eigenvalue weighted by Crippen LogP contribution is 1.98. The van der Waals surface area contributed by atoms with Gasteiger partial charge in [-0.2, -0.15) is 0 Å². The highest BCUT2D eigenvalue weighted by Gasteiger charge is 2.13. The molecule has 0 saturated heterocycles. The van der Waals surface area contributed by atoms with Gasteiger partial charge in [-0.1, -0.05) is 19.3 Å². The van der Waals surface area contributed by atoms with E-state index in [1.54, 1.807) is 0 Å². The first-order valence-electron chi connectivity index (χ1n) is 5.16. The topological polar surface area (TPSA) is 64.4 Å². The molecule has 0 aliphatic rings. The second-order valence-corrected chi connectivity index (χ2v) is 3.37. The Balaban J connectivity index is 3.95. The lowest BCUT2D eigenvalue weighted by atomic mass is 10.1. The third-order valence-electron chi connectivity index (χ3n) is 2.12. The molecule has 2 unspecified atom stereocenters. The molecular weight excluding hydrogens is 192 g/mol. The van der Waals surface area contributed by atoms with Crippen LogP contribution in [0.4, 0.5) is 0 Å². The maximum atomic E-state index is 11.5. The van der Waals surface area contributed by atoms with E-state index in [-0.39, 0.29) is 24.5 Å². The van der Waals surface area contributed by atoms with Crippen LogP contribution in [-0.2, 0) is 9.53 Å². The van der Waals surface area contributed by atoms with Crippen LogP contribution in [0.5, 0.6) is 0 Å². The van der Waals surface area contributed by atoms with Crippen molar-refractivity contribution < 1.29 is 9.53 Å². The molecule has 2 atom stereocenters. The zero-order valence-corrected chi connectivity index (χ0v) is 9.45. The van der Waals surface area contributed by atoms with Crippen molar-refractivity contribution in [3.63, 3.8) is 0 Å².